The molecule has 1 unspecified atom stereocenters. The van der Waals surface area contributed by atoms with Gasteiger partial charge in [-0.15, -0.1) is 0 Å². The molecule has 38 heavy (non-hydrogen) atoms. The fourth-order valence-corrected chi connectivity index (χ4v) is 4.96. The number of esters is 1. The number of benzene rings is 3. The van der Waals surface area contributed by atoms with Gasteiger partial charge in [-0.1, -0.05) is 75.8 Å². The van der Waals surface area contributed by atoms with Crippen molar-refractivity contribution in [1.29, 1.82) is 0 Å². The molecule has 0 fully saturated rings. The van der Waals surface area contributed by atoms with Gasteiger partial charge in [0.1, 0.15) is 11.5 Å². The van der Waals surface area contributed by atoms with E-state index in [1.807, 2.05) is 48.5 Å². The molecule has 5 nitrogen and oxygen atoms in total. The summed E-state index contributed by atoms with van der Waals surface area (Å²) in [4.78, 5) is 24.0. The lowest BCUT2D eigenvalue weighted by molar-refractivity contribution is -0.142. The number of ether oxygens (including phenoxy) is 2. The third-order valence-corrected chi connectivity index (χ3v) is 7.29. The largest absolute Gasteiger partial charge is 0.494 e. The van der Waals surface area contributed by atoms with Gasteiger partial charge in [0.25, 0.3) is 0 Å². The predicted octanol–water partition coefficient (Wildman–Crippen LogP) is 7.89. The summed E-state index contributed by atoms with van der Waals surface area (Å²) in [6.07, 6.45) is 10.7. The third kappa shape index (κ3) is 7.70. The van der Waals surface area contributed by atoms with E-state index < -0.39 is 11.9 Å². The zero-order valence-electron chi connectivity index (χ0n) is 22.3. The Bertz CT molecular complexity index is 1200. The molecule has 0 heterocycles. The summed E-state index contributed by atoms with van der Waals surface area (Å²) >= 11 is 0. The second-order valence-electron chi connectivity index (χ2n) is 10.2. The van der Waals surface area contributed by atoms with Gasteiger partial charge in [-0.05, 0) is 84.3 Å². The van der Waals surface area contributed by atoms with Crippen LogP contribution in [0.4, 0.5) is 0 Å². The Morgan fingerprint density at radius 2 is 1.42 bits per heavy atom. The number of carboxylic acid groups (broad SMARTS) is 1. The van der Waals surface area contributed by atoms with Gasteiger partial charge < -0.3 is 14.6 Å². The highest BCUT2D eigenvalue weighted by atomic mass is 16.5. The molecular weight excluding hydrogens is 476 g/mol. The van der Waals surface area contributed by atoms with E-state index in [2.05, 4.69) is 6.92 Å². The zero-order chi connectivity index (χ0) is 26.7. The number of hydrogen-bond acceptors (Lipinski definition) is 4. The van der Waals surface area contributed by atoms with Crippen molar-refractivity contribution in [1.82, 2.24) is 0 Å². The van der Waals surface area contributed by atoms with Gasteiger partial charge in [-0.25, -0.2) is 4.79 Å². The highest BCUT2D eigenvalue weighted by molar-refractivity contribution is 5.91. The van der Waals surface area contributed by atoms with Crippen LogP contribution in [0, 0.1) is 5.92 Å². The van der Waals surface area contributed by atoms with Crippen molar-refractivity contribution in [3.8, 4) is 22.6 Å². The normalized spacial score (nSPS) is 14.5. The van der Waals surface area contributed by atoms with Crippen molar-refractivity contribution >= 4 is 11.9 Å². The molecule has 5 heteroatoms. The van der Waals surface area contributed by atoms with E-state index in [4.69, 9.17) is 9.47 Å². The topological polar surface area (TPSA) is 72.8 Å². The van der Waals surface area contributed by atoms with Gasteiger partial charge in [0.2, 0.25) is 0 Å². The van der Waals surface area contributed by atoms with Crippen LogP contribution < -0.4 is 9.47 Å². The molecule has 0 saturated heterocycles. The Morgan fingerprint density at radius 3 is 2.11 bits per heavy atom. The molecule has 4 rings (SSSR count). The summed E-state index contributed by atoms with van der Waals surface area (Å²) in [5.74, 6) is -0.141. The Labute approximate surface area is 225 Å². The van der Waals surface area contributed by atoms with Crippen LogP contribution >= 0.6 is 0 Å². The standard InChI is InChI=1S/C33H38O5/c1-2-3-4-5-6-7-8-21-37-30-18-15-25(16-19-30)24-9-11-26(12-10-24)33(36)38-31-20-17-27-22-29(32(34)35)14-13-28(27)23-31/h9-12,15-20,23,29H,2-8,13-14,21-22H2,1H3,(H,34,35). The first-order chi connectivity index (χ1) is 18.5. The summed E-state index contributed by atoms with van der Waals surface area (Å²) in [6.45, 7) is 2.99. The fourth-order valence-electron chi connectivity index (χ4n) is 4.96. The van der Waals surface area contributed by atoms with Gasteiger partial charge in [0.05, 0.1) is 18.1 Å². The number of carbonyl (C=O) groups is 2. The second-order valence-corrected chi connectivity index (χ2v) is 10.2. The molecule has 0 aromatic heterocycles. The molecule has 0 spiro atoms. The first-order valence-corrected chi connectivity index (χ1v) is 13.9. The molecule has 3 aromatic rings. The van der Waals surface area contributed by atoms with E-state index >= 15 is 0 Å². The minimum atomic E-state index is -0.752. The van der Waals surface area contributed by atoms with Crippen LogP contribution in [0.25, 0.3) is 11.1 Å². The smallest absolute Gasteiger partial charge is 0.343 e. The highest BCUT2D eigenvalue weighted by Crippen LogP contribution is 2.29. The van der Waals surface area contributed by atoms with Gasteiger partial charge in [0.15, 0.2) is 0 Å². The highest BCUT2D eigenvalue weighted by Gasteiger charge is 2.24. The number of aliphatic carboxylic acids is 1. The average molecular weight is 515 g/mol. The second kappa shape index (κ2) is 13.8. The van der Waals surface area contributed by atoms with Crippen LogP contribution in [0.2, 0.25) is 0 Å². The Kier molecular flexibility index (Phi) is 9.97. The molecule has 200 valence electrons. The molecule has 3 aromatic carbocycles. The van der Waals surface area contributed by atoms with Crippen molar-refractivity contribution in [2.45, 2.75) is 71.1 Å². The van der Waals surface area contributed by atoms with Gasteiger partial charge in [0, 0.05) is 0 Å². The summed E-state index contributed by atoms with van der Waals surface area (Å²) in [6, 6.07) is 20.9. The maximum atomic E-state index is 12.7. The number of carbonyl (C=O) groups excluding carboxylic acids is 1. The summed E-state index contributed by atoms with van der Waals surface area (Å²) in [5, 5.41) is 9.27. The number of aryl methyl sites for hydroxylation is 1. The van der Waals surface area contributed by atoms with E-state index in [0.29, 0.717) is 30.6 Å². The van der Waals surface area contributed by atoms with Crippen molar-refractivity contribution in [3.63, 3.8) is 0 Å². The number of carboxylic acids is 1. The lowest BCUT2D eigenvalue weighted by Crippen LogP contribution is -2.22. The van der Waals surface area contributed by atoms with Crippen molar-refractivity contribution in [3.05, 3.63) is 83.4 Å². The van der Waals surface area contributed by atoms with Crippen LogP contribution in [0.3, 0.4) is 0 Å². The van der Waals surface area contributed by atoms with Crippen molar-refractivity contribution in [2.24, 2.45) is 5.92 Å². The monoisotopic (exact) mass is 514 g/mol. The average Bonchev–Trinajstić information content (AvgIpc) is 2.94. The molecule has 1 aliphatic carbocycles. The van der Waals surface area contributed by atoms with E-state index in [1.165, 1.54) is 38.5 Å². The van der Waals surface area contributed by atoms with Crippen LogP contribution in [-0.2, 0) is 17.6 Å². The van der Waals surface area contributed by atoms with Crippen LogP contribution in [0.15, 0.2) is 66.7 Å². The van der Waals surface area contributed by atoms with Crippen molar-refractivity contribution in [2.75, 3.05) is 6.61 Å². The van der Waals surface area contributed by atoms with E-state index in [1.54, 1.807) is 18.2 Å². The number of hydrogen-bond donors (Lipinski definition) is 1. The fraction of sp³-hybridized carbons (Fsp3) is 0.394. The minimum absolute atomic E-state index is 0.340. The van der Waals surface area contributed by atoms with Gasteiger partial charge in [-0.3, -0.25) is 4.79 Å². The summed E-state index contributed by atoms with van der Waals surface area (Å²) in [5.41, 5.74) is 4.62. The molecule has 0 amide bonds. The first kappa shape index (κ1) is 27.4. The van der Waals surface area contributed by atoms with E-state index in [0.717, 1.165) is 41.0 Å². The molecule has 1 aliphatic rings. The first-order valence-electron chi connectivity index (χ1n) is 13.9. The number of rotatable bonds is 13. The minimum Gasteiger partial charge on any atom is -0.494 e. The molecular formula is C33H38O5. The maximum absolute atomic E-state index is 12.7. The Hall–Kier alpha value is -3.60. The van der Waals surface area contributed by atoms with Crippen LogP contribution in [-0.4, -0.2) is 23.7 Å². The van der Waals surface area contributed by atoms with Gasteiger partial charge in [-0.2, -0.15) is 0 Å². The van der Waals surface area contributed by atoms with E-state index in [-0.39, 0.29) is 5.92 Å². The van der Waals surface area contributed by atoms with E-state index in [9.17, 15) is 14.7 Å². The zero-order valence-corrected chi connectivity index (χ0v) is 22.3. The summed E-state index contributed by atoms with van der Waals surface area (Å²) < 4.78 is 11.5. The lowest BCUT2D eigenvalue weighted by Gasteiger charge is -2.21. The van der Waals surface area contributed by atoms with Gasteiger partial charge >= 0.3 is 11.9 Å². The Morgan fingerprint density at radius 1 is 0.789 bits per heavy atom. The Balaban J connectivity index is 1.25. The lowest BCUT2D eigenvalue weighted by atomic mass is 9.84. The molecule has 0 saturated carbocycles. The maximum Gasteiger partial charge on any atom is 0.343 e. The molecule has 1 N–H and O–H groups in total. The predicted molar refractivity (Wildman–Crippen MR) is 150 cm³/mol. The van der Waals surface area contributed by atoms with Crippen molar-refractivity contribution < 1.29 is 24.2 Å². The van der Waals surface area contributed by atoms with Crippen LogP contribution in [0.5, 0.6) is 11.5 Å². The third-order valence-electron chi connectivity index (χ3n) is 7.29. The number of unbranched alkanes of at least 4 members (excludes halogenated alkanes) is 6. The number of fused-ring (bicyclic) bond motifs is 1. The molecule has 1 atom stereocenters. The SMILES string of the molecule is CCCCCCCCCOc1ccc(-c2ccc(C(=O)Oc3ccc4c(c3)CCC(C(=O)O)C4)cc2)cc1. The summed E-state index contributed by atoms with van der Waals surface area (Å²) in [7, 11) is 0. The van der Waals surface area contributed by atoms with Crippen LogP contribution in [0.1, 0.15) is 79.8 Å². The quantitative estimate of drug-likeness (QED) is 0.143. The molecule has 0 aliphatic heterocycles. The molecule has 0 radical (unpaired) electrons. The molecule has 0 bridgehead atoms.